The molecule has 1 aliphatic carbocycles. The third kappa shape index (κ3) is 2.69. The van der Waals surface area contributed by atoms with Gasteiger partial charge in [0.15, 0.2) is 0 Å². The molecule has 5 rings (SSSR count). The Kier molecular flexibility index (Phi) is 3.71. The fourth-order valence-electron chi connectivity index (χ4n) is 4.14. The van der Waals surface area contributed by atoms with Gasteiger partial charge in [0.25, 0.3) is 0 Å². The summed E-state index contributed by atoms with van der Waals surface area (Å²) in [6.07, 6.45) is 4.27. The summed E-state index contributed by atoms with van der Waals surface area (Å²) in [5, 5.41) is 2.15. The minimum absolute atomic E-state index is 0.0857. The van der Waals surface area contributed by atoms with Crippen molar-refractivity contribution in [1.82, 2.24) is 9.55 Å². The number of carbonyl (C=O) groups is 1. The molecule has 2 aromatic carbocycles. The highest BCUT2D eigenvalue weighted by molar-refractivity contribution is 6.09. The lowest BCUT2D eigenvalue weighted by molar-refractivity contribution is 0.0264. The van der Waals surface area contributed by atoms with Crippen LogP contribution >= 0.6 is 0 Å². The van der Waals surface area contributed by atoms with E-state index in [1.54, 1.807) is 6.20 Å². The second-order valence-corrected chi connectivity index (χ2v) is 7.20. The predicted octanol–water partition coefficient (Wildman–Crippen LogP) is 4.44. The first-order valence-electron chi connectivity index (χ1n) is 9.31. The van der Waals surface area contributed by atoms with E-state index in [0.717, 1.165) is 41.1 Å². The van der Waals surface area contributed by atoms with Crippen molar-refractivity contribution in [3.63, 3.8) is 0 Å². The van der Waals surface area contributed by atoms with Crippen LogP contribution in [0.1, 0.15) is 28.0 Å². The van der Waals surface area contributed by atoms with Gasteiger partial charge in [-0.1, -0.05) is 42.5 Å². The first-order chi connectivity index (χ1) is 13.2. The van der Waals surface area contributed by atoms with Gasteiger partial charge in [0.05, 0.1) is 11.7 Å². The van der Waals surface area contributed by atoms with Crippen molar-refractivity contribution >= 4 is 27.8 Å². The third-order valence-corrected chi connectivity index (χ3v) is 5.58. The molecule has 1 aliphatic rings. The summed E-state index contributed by atoms with van der Waals surface area (Å²) in [4.78, 5) is 17.1. The Labute approximate surface area is 157 Å². The highest BCUT2D eigenvalue weighted by atomic mass is 16.5. The van der Waals surface area contributed by atoms with Gasteiger partial charge >= 0.3 is 5.97 Å². The number of fused-ring (bicyclic) bond motifs is 4. The van der Waals surface area contributed by atoms with Crippen LogP contribution in [-0.4, -0.2) is 21.6 Å². The molecule has 134 valence electrons. The Balaban J connectivity index is 1.44. The number of aromatic nitrogens is 2. The van der Waals surface area contributed by atoms with Crippen molar-refractivity contribution in [1.29, 1.82) is 0 Å². The third-order valence-electron chi connectivity index (χ3n) is 5.58. The molecule has 0 aliphatic heterocycles. The maximum Gasteiger partial charge on any atom is 0.357 e. The molecule has 4 heteroatoms. The average molecular weight is 356 g/mol. The van der Waals surface area contributed by atoms with E-state index in [9.17, 15) is 4.79 Å². The van der Waals surface area contributed by atoms with E-state index in [1.165, 1.54) is 11.1 Å². The van der Waals surface area contributed by atoms with Crippen molar-refractivity contribution in [2.24, 2.45) is 7.05 Å². The molecule has 0 bridgehead atoms. The number of hydrogen-bond acceptors (Lipinski definition) is 3. The lowest BCUT2D eigenvalue weighted by Crippen LogP contribution is -2.25. The molecule has 0 radical (unpaired) electrons. The van der Waals surface area contributed by atoms with Gasteiger partial charge in [-0.15, -0.1) is 0 Å². The molecular formula is C23H20N2O2. The molecule has 0 amide bonds. The minimum atomic E-state index is -0.339. The maximum absolute atomic E-state index is 12.7. The van der Waals surface area contributed by atoms with Crippen LogP contribution in [0, 0.1) is 0 Å². The van der Waals surface area contributed by atoms with Crippen molar-refractivity contribution in [2.75, 3.05) is 0 Å². The van der Waals surface area contributed by atoms with Gasteiger partial charge in [0.2, 0.25) is 0 Å². The van der Waals surface area contributed by atoms with Gasteiger partial charge < -0.3 is 9.30 Å². The molecule has 1 unspecified atom stereocenters. The van der Waals surface area contributed by atoms with Crippen LogP contribution in [-0.2, 0) is 24.6 Å². The normalized spacial score (nSPS) is 16.4. The van der Waals surface area contributed by atoms with Crippen molar-refractivity contribution in [3.05, 3.63) is 77.6 Å². The number of pyridine rings is 1. The van der Waals surface area contributed by atoms with Gasteiger partial charge in [-0.3, -0.25) is 0 Å². The number of esters is 1. The molecule has 1 atom stereocenters. The van der Waals surface area contributed by atoms with E-state index in [-0.39, 0.29) is 12.1 Å². The second-order valence-electron chi connectivity index (χ2n) is 7.20. The fourth-order valence-corrected chi connectivity index (χ4v) is 4.14. The number of benzene rings is 2. The highest BCUT2D eigenvalue weighted by Crippen LogP contribution is 2.28. The standard InChI is InChI=1S/C23H20N2O2/c1-25-21-9-5-4-8-18(21)19-13-20(24-14-22(19)25)23(26)27-17-11-10-15-6-2-3-7-16(15)12-17/h2-9,13-14,17H,10-12H2,1H3. The van der Waals surface area contributed by atoms with Crippen LogP contribution in [0.3, 0.4) is 0 Å². The molecule has 4 aromatic rings. The van der Waals surface area contributed by atoms with Crippen LogP contribution in [0.15, 0.2) is 60.8 Å². The van der Waals surface area contributed by atoms with Crippen LogP contribution in [0.5, 0.6) is 0 Å². The highest BCUT2D eigenvalue weighted by Gasteiger charge is 2.23. The SMILES string of the molecule is Cn1c2ccccc2c2cc(C(=O)OC3CCc4ccccc4C3)ncc21. The number of para-hydroxylation sites is 1. The zero-order valence-corrected chi connectivity index (χ0v) is 15.2. The zero-order chi connectivity index (χ0) is 18.4. The van der Waals surface area contributed by atoms with E-state index in [1.807, 2.05) is 31.3 Å². The largest absolute Gasteiger partial charge is 0.457 e. The Bertz CT molecular complexity index is 1180. The summed E-state index contributed by atoms with van der Waals surface area (Å²) < 4.78 is 7.90. The molecule has 2 aromatic heterocycles. The van der Waals surface area contributed by atoms with Gasteiger partial charge in [-0.25, -0.2) is 9.78 Å². The van der Waals surface area contributed by atoms with E-state index in [4.69, 9.17) is 4.74 Å². The van der Waals surface area contributed by atoms with E-state index in [0.29, 0.717) is 5.69 Å². The number of aryl methyl sites for hydroxylation is 2. The van der Waals surface area contributed by atoms with Crippen LogP contribution in [0.2, 0.25) is 0 Å². The number of carbonyl (C=O) groups excluding carboxylic acids is 1. The van der Waals surface area contributed by atoms with Crippen LogP contribution < -0.4 is 0 Å². The molecule has 4 nitrogen and oxygen atoms in total. The monoisotopic (exact) mass is 356 g/mol. The summed E-state index contributed by atoms with van der Waals surface area (Å²) >= 11 is 0. The predicted molar refractivity (Wildman–Crippen MR) is 106 cm³/mol. The first-order valence-corrected chi connectivity index (χ1v) is 9.31. The summed E-state index contributed by atoms with van der Waals surface area (Å²) in [6, 6.07) is 18.4. The van der Waals surface area contributed by atoms with Crippen molar-refractivity contribution in [2.45, 2.75) is 25.4 Å². The van der Waals surface area contributed by atoms with E-state index in [2.05, 4.69) is 39.9 Å². The number of nitrogens with zero attached hydrogens (tertiary/aromatic N) is 2. The van der Waals surface area contributed by atoms with Crippen molar-refractivity contribution < 1.29 is 9.53 Å². The van der Waals surface area contributed by atoms with Gasteiger partial charge in [0.1, 0.15) is 11.8 Å². The molecule has 0 N–H and O–H groups in total. The number of rotatable bonds is 2. The summed E-state index contributed by atoms with van der Waals surface area (Å²) in [7, 11) is 2.02. The molecule has 0 saturated heterocycles. The zero-order valence-electron chi connectivity index (χ0n) is 15.2. The molecule has 27 heavy (non-hydrogen) atoms. The number of ether oxygens (including phenoxy) is 1. The van der Waals surface area contributed by atoms with Crippen LogP contribution in [0.25, 0.3) is 21.8 Å². The van der Waals surface area contributed by atoms with Crippen molar-refractivity contribution in [3.8, 4) is 0 Å². The smallest absolute Gasteiger partial charge is 0.357 e. The second kappa shape index (κ2) is 6.23. The Morgan fingerprint density at radius 2 is 1.81 bits per heavy atom. The Morgan fingerprint density at radius 3 is 2.70 bits per heavy atom. The number of hydrogen-bond donors (Lipinski definition) is 0. The molecule has 2 heterocycles. The summed E-state index contributed by atoms with van der Waals surface area (Å²) in [6.45, 7) is 0. The fraction of sp³-hybridized carbons (Fsp3) is 0.217. The van der Waals surface area contributed by atoms with Crippen LogP contribution in [0.4, 0.5) is 0 Å². The van der Waals surface area contributed by atoms with Gasteiger partial charge in [-0.05, 0) is 36.1 Å². The maximum atomic E-state index is 12.7. The summed E-state index contributed by atoms with van der Waals surface area (Å²) in [5.74, 6) is -0.339. The lowest BCUT2D eigenvalue weighted by Gasteiger charge is -2.24. The molecule has 0 saturated carbocycles. The lowest BCUT2D eigenvalue weighted by atomic mass is 9.90. The first kappa shape index (κ1) is 16.1. The topological polar surface area (TPSA) is 44.1 Å². The van der Waals surface area contributed by atoms with Gasteiger partial charge in [0, 0.05) is 29.8 Å². The summed E-state index contributed by atoms with van der Waals surface area (Å²) in [5.41, 5.74) is 5.15. The quantitative estimate of drug-likeness (QED) is 0.499. The Hall–Kier alpha value is -3.14. The molecule has 0 spiro atoms. The Morgan fingerprint density at radius 1 is 1.04 bits per heavy atom. The minimum Gasteiger partial charge on any atom is -0.457 e. The molecule has 0 fully saturated rings. The van der Waals surface area contributed by atoms with E-state index >= 15 is 0 Å². The average Bonchev–Trinajstić information content (AvgIpc) is 3.00. The van der Waals surface area contributed by atoms with E-state index < -0.39 is 0 Å². The van der Waals surface area contributed by atoms with Gasteiger partial charge in [-0.2, -0.15) is 0 Å². The molecular weight excluding hydrogens is 336 g/mol.